The van der Waals surface area contributed by atoms with Crippen LogP contribution in [0.15, 0.2) is 53.5 Å². The van der Waals surface area contributed by atoms with Crippen molar-refractivity contribution >= 4 is 35.6 Å². The van der Waals surface area contributed by atoms with Gasteiger partial charge in [-0.1, -0.05) is 30.3 Å². The Kier molecular flexibility index (Phi) is 10.3. The number of hydrogen-bond acceptors (Lipinski definition) is 5. The third-order valence-electron chi connectivity index (χ3n) is 4.54. The van der Waals surface area contributed by atoms with Gasteiger partial charge in [0.1, 0.15) is 12.4 Å². The van der Waals surface area contributed by atoms with E-state index in [1.165, 1.54) is 18.2 Å². The average molecular weight is 566 g/mol. The first-order valence-electron chi connectivity index (χ1n) is 9.83. The Morgan fingerprint density at radius 1 is 1.06 bits per heavy atom. The van der Waals surface area contributed by atoms with Gasteiger partial charge in [-0.15, -0.1) is 37.1 Å². The number of halogens is 4. The predicted octanol–water partition coefficient (Wildman–Crippen LogP) is 3.84. The Morgan fingerprint density at radius 3 is 2.44 bits per heavy atom. The number of nitrogens with one attached hydrogen (secondary N) is 1. The van der Waals surface area contributed by atoms with Crippen molar-refractivity contribution in [2.24, 2.45) is 10.7 Å². The number of nitrogens with two attached hydrogens (primary N) is 1. The van der Waals surface area contributed by atoms with Crippen LogP contribution in [-0.4, -0.2) is 56.7 Å². The number of rotatable bonds is 8. The number of morpholine rings is 1. The molecule has 1 fully saturated rings. The van der Waals surface area contributed by atoms with Crippen molar-refractivity contribution in [2.45, 2.75) is 12.9 Å². The van der Waals surface area contributed by atoms with E-state index < -0.39 is 6.36 Å². The Balaban J connectivity index is 0.00000363. The molecule has 0 saturated carbocycles. The molecular weight excluding hydrogens is 540 g/mol. The van der Waals surface area contributed by atoms with Crippen LogP contribution in [0.4, 0.5) is 18.9 Å². The van der Waals surface area contributed by atoms with Crippen molar-refractivity contribution in [3.05, 3.63) is 54.1 Å². The van der Waals surface area contributed by atoms with Gasteiger partial charge in [0.2, 0.25) is 0 Å². The lowest BCUT2D eigenvalue weighted by Crippen LogP contribution is -2.38. The van der Waals surface area contributed by atoms with E-state index in [4.69, 9.17) is 15.2 Å². The van der Waals surface area contributed by atoms with Crippen LogP contribution in [0.5, 0.6) is 11.5 Å². The Morgan fingerprint density at radius 2 is 1.72 bits per heavy atom. The van der Waals surface area contributed by atoms with E-state index in [2.05, 4.69) is 19.9 Å². The number of anilines is 1. The molecule has 0 aromatic heterocycles. The molecule has 32 heavy (non-hydrogen) atoms. The van der Waals surface area contributed by atoms with Crippen molar-refractivity contribution in [1.29, 1.82) is 0 Å². The molecule has 1 heterocycles. The van der Waals surface area contributed by atoms with E-state index in [1.807, 2.05) is 24.3 Å². The molecular formula is C21H26F3IN4O3. The third-order valence-corrected chi connectivity index (χ3v) is 4.54. The highest BCUT2D eigenvalue weighted by molar-refractivity contribution is 14.0. The molecule has 3 N–H and O–H groups in total. The van der Waals surface area contributed by atoms with Gasteiger partial charge >= 0.3 is 6.36 Å². The number of alkyl halides is 3. The zero-order chi connectivity index (χ0) is 22.1. The van der Waals surface area contributed by atoms with Crippen LogP contribution in [0, 0.1) is 0 Å². The summed E-state index contributed by atoms with van der Waals surface area (Å²) >= 11 is 0. The van der Waals surface area contributed by atoms with Gasteiger partial charge in [0.05, 0.1) is 25.4 Å². The first-order valence-corrected chi connectivity index (χ1v) is 9.83. The minimum absolute atomic E-state index is 0. The third kappa shape index (κ3) is 8.71. The van der Waals surface area contributed by atoms with Crippen LogP contribution >= 0.6 is 24.0 Å². The molecule has 2 aromatic carbocycles. The molecule has 0 bridgehead atoms. The number of nitrogens with zero attached hydrogens (tertiary/aromatic N) is 2. The Bertz CT molecular complexity index is 877. The molecule has 0 aliphatic carbocycles. The highest BCUT2D eigenvalue weighted by Crippen LogP contribution is 2.29. The van der Waals surface area contributed by atoms with Gasteiger partial charge < -0.3 is 25.3 Å². The number of hydrogen-bond donors (Lipinski definition) is 2. The Hall–Kier alpha value is -2.25. The van der Waals surface area contributed by atoms with E-state index in [0.29, 0.717) is 12.4 Å². The van der Waals surface area contributed by atoms with Gasteiger partial charge in [-0.05, 0) is 18.2 Å². The molecule has 0 atom stereocenters. The average Bonchev–Trinajstić information content (AvgIpc) is 2.74. The van der Waals surface area contributed by atoms with E-state index in [0.717, 1.165) is 38.4 Å². The summed E-state index contributed by atoms with van der Waals surface area (Å²) in [7, 11) is 0. The smallest absolute Gasteiger partial charge is 0.492 e. The van der Waals surface area contributed by atoms with Crippen LogP contribution in [0.25, 0.3) is 0 Å². The zero-order valence-electron chi connectivity index (χ0n) is 17.3. The summed E-state index contributed by atoms with van der Waals surface area (Å²) in [5.41, 5.74) is 6.76. The van der Waals surface area contributed by atoms with Crippen LogP contribution in [0.2, 0.25) is 0 Å². The standard InChI is InChI=1S/C21H25F3N4O3.HI/c22-21(23,24)31-19-8-4-2-6-17(19)27-20(25)26-15-16-5-1-3-7-18(16)30-14-11-28-9-12-29-13-10-28;/h1-8H,9-15H2,(H3,25,26,27);1H. The zero-order valence-corrected chi connectivity index (χ0v) is 19.6. The van der Waals surface area contributed by atoms with Gasteiger partial charge in [-0.3, -0.25) is 4.90 Å². The summed E-state index contributed by atoms with van der Waals surface area (Å²) in [6, 6.07) is 13.1. The highest BCUT2D eigenvalue weighted by atomic mass is 127. The molecule has 3 rings (SSSR count). The normalized spacial score (nSPS) is 15.0. The fourth-order valence-electron chi connectivity index (χ4n) is 3.02. The number of benzene rings is 2. The van der Waals surface area contributed by atoms with E-state index in [9.17, 15) is 13.2 Å². The first-order chi connectivity index (χ1) is 14.9. The second kappa shape index (κ2) is 12.7. The van der Waals surface area contributed by atoms with Crippen LogP contribution in [-0.2, 0) is 11.3 Å². The summed E-state index contributed by atoms with van der Waals surface area (Å²) < 4.78 is 52.9. The van der Waals surface area contributed by atoms with E-state index >= 15 is 0 Å². The molecule has 1 aliphatic rings. The van der Waals surface area contributed by atoms with Crippen molar-refractivity contribution in [2.75, 3.05) is 44.8 Å². The molecule has 0 radical (unpaired) electrons. The Labute approximate surface area is 201 Å². The van der Waals surface area contributed by atoms with Crippen LogP contribution in [0.3, 0.4) is 0 Å². The maximum Gasteiger partial charge on any atom is 0.573 e. The van der Waals surface area contributed by atoms with Crippen LogP contribution < -0.4 is 20.5 Å². The number of para-hydroxylation sites is 3. The summed E-state index contributed by atoms with van der Waals surface area (Å²) in [6.07, 6.45) is -4.80. The molecule has 1 saturated heterocycles. The van der Waals surface area contributed by atoms with E-state index in [-0.39, 0.29) is 47.9 Å². The predicted molar refractivity (Wildman–Crippen MR) is 127 cm³/mol. The van der Waals surface area contributed by atoms with Crippen molar-refractivity contribution in [3.8, 4) is 11.5 Å². The fourth-order valence-corrected chi connectivity index (χ4v) is 3.02. The van der Waals surface area contributed by atoms with Crippen LogP contribution in [0.1, 0.15) is 5.56 Å². The summed E-state index contributed by atoms with van der Waals surface area (Å²) in [5, 5.41) is 2.65. The molecule has 0 unspecified atom stereocenters. The van der Waals surface area contributed by atoms with Gasteiger partial charge in [0.15, 0.2) is 11.7 Å². The lowest BCUT2D eigenvalue weighted by atomic mass is 10.2. The first kappa shape index (κ1) is 26.0. The van der Waals surface area contributed by atoms with Crippen molar-refractivity contribution < 1.29 is 27.4 Å². The summed E-state index contributed by atoms with van der Waals surface area (Å²) in [5.74, 6) is 0.259. The van der Waals surface area contributed by atoms with Gasteiger partial charge in [-0.25, -0.2) is 4.99 Å². The SMILES string of the molecule is I.NC(=NCc1ccccc1OCCN1CCOCC1)Nc1ccccc1OC(F)(F)F. The molecule has 7 nitrogen and oxygen atoms in total. The second-order valence-corrected chi connectivity index (χ2v) is 6.78. The molecule has 176 valence electrons. The lowest BCUT2D eigenvalue weighted by molar-refractivity contribution is -0.274. The summed E-state index contributed by atoms with van der Waals surface area (Å²) in [6.45, 7) is 4.75. The minimum atomic E-state index is -4.80. The van der Waals surface area contributed by atoms with E-state index in [1.54, 1.807) is 6.07 Å². The number of guanidine groups is 1. The second-order valence-electron chi connectivity index (χ2n) is 6.78. The maximum absolute atomic E-state index is 12.6. The van der Waals surface area contributed by atoms with Crippen molar-refractivity contribution in [1.82, 2.24) is 4.90 Å². The van der Waals surface area contributed by atoms with Gasteiger partial charge in [-0.2, -0.15) is 0 Å². The highest BCUT2D eigenvalue weighted by Gasteiger charge is 2.32. The molecule has 11 heteroatoms. The van der Waals surface area contributed by atoms with Gasteiger partial charge in [0, 0.05) is 25.2 Å². The maximum atomic E-state index is 12.6. The number of aliphatic imine (C=N–C) groups is 1. The van der Waals surface area contributed by atoms with Crippen molar-refractivity contribution in [3.63, 3.8) is 0 Å². The quantitative estimate of drug-likeness (QED) is 0.287. The fraction of sp³-hybridized carbons (Fsp3) is 0.381. The molecule has 0 spiro atoms. The monoisotopic (exact) mass is 566 g/mol. The largest absolute Gasteiger partial charge is 0.573 e. The minimum Gasteiger partial charge on any atom is -0.492 e. The molecule has 2 aromatic rings. The topological polar surface area (TPSA) is 81.3 Å². The molecule has 0 amide bonds. The lowest BCUT2D eigenvalue weighted by Gasteiger charge is -2.26. The molecule has 1 aliphatic heterocycles. The summed E-state index contributed by atoms with van der Waals surface area (Å²) in [4.78, 5) is 6.50. The van der Waals surface area contributed by atoms with Gasteiger partial charge in [0.25, 0.3) is 0 Å². The number of ether oxygens (including phenoxy) is 3.